The molecule has 0 saturated carbocycles. The molecule has 5 atom stereocenters. The SMILES string of the molecule is CCCCC/C=C/C1=C(CO[Si](c2ccccc2)(c2ccccc2)C(C)(C)C)[C@@H]2OC(C)(C)[C@@H](OC(C)=O)C[C@@]23O[C@H]3[C@@H]1OC(C)=O. The van der Waals surface area contributed by atoms with Crippen LogP contribution in [-0.2, 0) is 33.0 Å². The lowest BCUT2D eigenvalue weighted by molar-refractivity contribution is -0.208. The summed E-state index contributed by atoms with van der Waals surface area (Å²) in [5.41, 5.74) is 0.197. The van der Waals surface area contributed by atoms with Crippen LogP contribution >= 0.6 is 0 Å². The zero-order chi connectivity index (χ0) is 34.0. The van der Waals surface area contributed by atoms with Crippen LogP contribution in [0.5, 0.6) is 0 Å². The maximum absolute atomic E-state index is 12.6. The lowest BCUT2D eigenvalue weighted by Gasteiger charge is -2.49. The molecule has 8 heteroatoms. The molecule has 2 aromatic rings. The van der Waals surface area contributed by atoms with E-state index in [-0.39, 0.29) is 23.6 Å². The number of epoxide rings is 1. The Balaban J connectivity index is 1.66. The second-order valence-corrected chi connectivity index (χ2v) is 19.1. The highest BCUT2D eigenvalue weighted by atomic mass is 28.4. The highest BCUT2D eigenvalue weighted by molar-refractivity contribution is 6.99. The average molecular weight is 661 g/mol. The first-order valence-electron chi connectivity index (χ1n) is 17.1. The summed E-state index contributed by atoms with van der Waals surface area (Å²) in [6, 6.07) is 21.1. The van der Waals surface area contributed by atoms with Gasteiger partial charge in [-0.2, -0.15) is 0 Å². The molecule has 2 aliphatic heterocycles. The van der Waals surface area contributed by atoms with Gasteiger partial charge in [0.05, 0.1) is 6.61 Å². The van der Waals surface area contributed by atoms with Crippen LogP contribution in [0.1, 0.15) is 87.5 Å². The van der Waals surface area contributed by atoms with Crippen molar-refractivity contribution in [1.82, 2.24) is 0 Å². The van der Waals surface area contributed by atoms with Crippen LogP contribution < -0.4 is 10.4 Å². The van der Waals surface area contributed by atoms with Gasteiger partial charge >= 0.3 is 11.9 Å². The van der Waals surface area contributed by atoms with E-state index in [0.717, 1.165) is 36.8 Å². The van der Waals surface area contributed by atoms with Crippen molar-refractivity contribution < 1.29 is 33.0 Å². The Morgan fingerprint density at radius 3 is 2.04 bits per heavy atom. The number of rotatable bonds is 12. The number of ether oxygens (including phenoxy) is 4. The molecule has 47 heavy (non-hydrogen) atoms. The van der Waals surface area contributed by atoms with Crippen molar-refractivity contribution in [2.24, 2.45) is 0 Å². The standard InChI is InChI=1S/C39H52O7Si/c1-9-10-11-12-19-24-31-32(26-42-47(37(4,5)6,29-20-15-13-16-21-29)30-22-17-14-18-23-30)35-39(36(46-39)34(31)44-28(3)41)25-33(43-27(2)40)38(7,8)45-35/h13-24,33-36H,9-12,25-26H2,1-8H3/b24-19+/t33-,34+,35-,36-,39+/m0/s1. The molecule has 2 aromatic carbocycles. The molecule has 0 unspecified atom stereocenters. The number of allylic oxidation sites excluding steroid dienone is 1. The number of benzene rings is 2. The van der Waals surface area contributed by atoms with Crippen molar-refractivity contribution in [3.8, 4) is 0 Å². The number of hydrogen-bond acceptors (Lipinski definition) is 7. The number of carbonyl (C=O) groups excluding carboxylic acids is 2. The summed E-state index contributed by atoms with van der Waals surface area (Å²) in [4.78, 5) is 24.7. The summed E-state index contributed by atoms with van der Waals surface area (Å²) >= 11 is 0. The third kappa shape index (κ3) is 6.93. The predicted molar refractivity (Wildman–Crippen MR) is 186 cm³/mol. The maximum Gasteiger partial charge on any atom is 0.303 e. The Hall–Kier alpha value is -3.04. The molecule has 5 rings (SSSR count). The minimum Gasteiger partial charge on any atom is -0.459 e. The molecule has 0 amide bonds. The van der Waals surface area contributed by atoms with Crippen LogP contribution in [0.15, 0.2) is 84.0 Å². The van der Waals surface area contributed by atoms with Crippen molar-refractivity contribution in [3.05, 3.63) is 84.0 Å². The second kappa shape index (κ2) is 13.8. The van der Waals surface area contributed by atoms with Crippen molar-refractivity contribution in [1.29, 1.82) is 0 Å². The molecule has 0 bridgehead atoms. The van der Waals surface area contributed by atoms with Gasteiger partial charge in [0, 0.05) is 20.3 Å². The molecular weight excluding hydrogens is 609 g/mol. The molecule has 2 fully saturated rings. The largest absolute Gasteiger partial charge is 0.459 e. The van der Waals surface area contributed by atoms with Crippen molar-refractivity contribution in [2.75, 3.05) is 6.61 Å². The fraction of sp³-hybridized carbons (Fsp3) is 0.538. The molecule has 0 aromatic heterocycles. The Morgan fingerprint density at radius 1 is 0.915 bits per heavy atom. The van der Waals surface area contributed by atoms with Gasteiger partial charge in [0.25, 0.3) is 8.32 Å². The van der Waals surface area contributed by atoms with Crippen LogP contribution in [0.4, 0.5) is 0 Å². The lowest BCUT2D eigenvalue weighted by atomic mass is 9.72. The summed E-state index contributed by atoms with van der Waals surface area (Å²) in [5, 5.41) is 2.12. The van der Waals surface area contributed by atoms with Crippen molar-refractivity contribution >= 4 is 30.6 Å². The summed E-state index contributed by atoms with van der Waals surface area (Å²) < 4.78 is 32.8. The summed E-state index contributed by atoms with van der Waals surface area (Å²) in [6.45, 7) is 16.0. The van der Waals surface area contributed by atoms with E-state index in [9.17, 15) is 9.59 Å². The van der Waals surface area contributed by atoms with E-state index in [1.807, 2.05) is 26.0 Å². The fourth-order valence-electron chi connectivity index (χ4n) is 7.60. The smallest absolute Gasteiger partial charge is 0.303 e. The van der Waals surface area contributed by atoms with E-state index in [4.69, 9.17) is 23.4 Å². The van der Waals surface area contributed by atoms with Crippen LogP contribution in [-0.4, -0.2) is 62.5 Å². The van der Waals surface area contributed by atoms with Gasteiger partial charge in [-0.05, 0) is 53.2 Å². The molecule has 1 aliphatic carbocycles. The molecule has 0 radical (unpaired) electrons. The Kier molecular flexibility index (Phi) is 10.4. The van der Waals surface area contributed by atoms with Gasteiger partial charge in [-0.25, -0.2) is 0 Å². The van der Waals surface area contributed by atoms with Crippen LogP contribution in [0.2, 0.25) is 5.04 Å². The van der Waals surface area contributed by atoms with E-state index in [0.29, 0.717) is 6.42 Å². The zero-order valence-corrected chi connectivity index (χ0v) is 30.3. The molecule has 3 aliphatic rings. The molecule has 254 valence electrons. The topological polar surface area (TPSA) is 83.6 Å². The number of unbranched alkanes of at least 4 members (excludes halogenated alkanes) is 3. The van der Waals surface area contributed by atoms with Crippen LogP contribution in [0, 0.1) is 0 Å². The Morgan fingerprint density at radius 2 is 1.51 bits per heavy atom. The minimum absolute atomic E-state index is 0.236. The molecule has 7 nitrogen and oxygen atoms in total. The van der Waals surface area contributed by atoms with Gasteiger partial charge in [0.2, 0.25) is 0 Å². The Bertz CT molecular complexity index is 1440. The van der Waals surface area contributed by atoms with Gasteiger partial charge in [0.1, 0.15) is 29.5 Å². The first-order valence-corrected chi connectivity index (χ1v) is 19.0. The lowest BCUT2D eigenvalue weighted by Crippen LogP contribution is -2.67. The van der Waals surface area contributed by atoms with Crippen molar-refractivity contribution in [3.63, 3.8) is 0 Å². The summed E-state index contributed by atoms with van der Waals surface area (Å²) in [7, 11) is -2.94. The van der Waals surface area contributed by atoms with Crippen molar-refractivity contribution in [2.45, 2.75) is 128 Å². The molecule has 2 heterocycles. The second-order valence-electron chi connectivity index (χ2n) is 14.8. The van der Waals surface area contributed by atoms with Gasteiger partial charge < -0.3 is 23.4 Å². The molecule has 0 N–H and O–H groups in total. The normalized spacial score (nSPS) is 26.8. The van der Waals surface area contributed by atoms with Gasteiger partial charge in [0.15, 0.2) is 6.10 Å². The Labute approximate surface area is 281 Å². The summed E-state index contributed by atoms with van der Waals surface area (Å²) in [6.07, 6.45) is 6.93. The third-order valence-electron chi connectivity index (χ3n) is 9.92. The number of esters is 2. The first kappa shape index (κ1) is 35.3. The third-order valence-corrected chi connectivity index (χ3v) is 14.9. The van der Waals surface area contributed by atoms with E-state index < -0.39 is 43.9 Å². The quantitative estimate of drug-likeness (QED) is 0.110. The van der Waals surface area contributed by atoms with Crippen LogP contribution in [0.3, 0.4) is 0 Å². The van der Waals surface area contributed by atoms with E-state index >= 15 is 0 Å². The van der Waals surface area contributed by atoms with E-state index in [1.165, 1.54) is 24.2 Å². The monoisotopic (exact) mass is 660 g/mol. The molecule has 1 spiro atoms. The van der Waals surface area contributed by atoms with E-state index in [2.05, 4.69) is 88.4 Å². The van der Waals surface area contributed by atoms with Gasteiger partial charge in [-0.3, -0.25) is 9.59 Å². The molecular formula is C39H52O7Si. The van der Waals surface area contributed by atoms with Crippen LogP contribution in [0.25, 0.3) is 0 Å². The minimum atomic E-state index is -2.94. The number of carbonyl (C=O) groups is 2. The highest BCUT2D eigenvalue weighted by Crippen LogP contribution is 2.59. The maximum atomic E-state index is 12.6. The van der Waals surface area contributed by atoms with Gasteiger partial charge in [-0.15, -0.1) is 0 Å². The molecule has 2 saturated heterocycles. The predicted octanol–water partition coefficient (Wildman–Crippen LogP) is 6.58. The zero-order valence-electron chi connectivity index (χ0n) is 29.3. The van der Waals surface area contributed by atoms with E-state index in [1.54, 1.807) is 0 Å². The van der Waals surface area contributed by atoms with Gasteiger partial charge in [-0.1, -0.05) is 113 Å². The highest BCUT2D eigenvalue weighted by Gasteiger charge is 2.74. The first-order chi connectivity index (χ1) is 22.3. The average Bonchev–Trinajstić information content (AvgIpc) is 3.73. The number of hydrogen-bond donors (Lipinski definition) is 0. The fourth-order valence-corrected chi connectivity index (χ4v) is 12.1. The summed E-state index contributed by atoms with van der Waals surface area (Å²) in [5.74, 6) is -0.746.